The summed E-state index contributed by atoms with van der Waals surface area (Å²) in [5.74, 6) is -0.624. The second-order valence-corrected chi connectivity index (χ2v) is 9.56. The summed E-state index contributed by atoms with van der Waals surface area (Å²) < 4.78 is 27.7. The van der Waals surface area contributed by atoms with Crippen LogP contribution in [0.25, 0.3) is 11.1 Å². The van der Waals surface area contributed by atoms with Gasteiger partial charge in [-0.1, -0.05) is 48.0 Å². The standard InChI is InChI=1S/C24H24N2O4S/c1-15-7-10-20(11-8-15)31(29,30)26-23(16(2)27)24(28)25-19-9-12-22-18(14-19)13-17-5-3-4-6-21(17)22/h3-12,14,16,23,26-27H,13H2,1-2H3,(H,25,28). The van der Waals surface area contributed by atoms with Crippen molar-refractivity contribution in [1.29, 1.82) is 0 Å². The molecule has 0 radical (unpaired) electrons. The first kappa shape index (κ1) is 21.2. The minimum absolute atomic E-state index is 0.0341. The molecule has 2 unspecified atom stereocenters. The number of nitrogens with one attached hydrogen (secondary N) is 2. The zero-order chi connectivity index (χ0) is 22.2. The molecule has 1 aliphatic rings. The number of aliphatic hydroxyl groups is 1. The van der Waals surface area contributed by atoms with E-state index < -0.39 is 28.1 Å². The molecule has 7 heteroatoms. The van der Waals surface area contributed by atoms with E-state index in [-0.39, 0.29) is 4.90 Å². The van der Waals surface area contributed by atoms with Crippen LogP contribution in [0.1, 0.15) is 23.6 Å². The highest BCUT2D eigenvalue weighted by molar-refractivity contribution is 7.89. The molecule has 0 bridgehead atoms. The van der Waals surface area contributed by atoms with Crippen molar-refractivity contribution in [3.63, 3.8) is 0 Å². The van der Waals surface area contributed by atoms with Crippen molar-refractivity contribution in [1.82, 2.24) is 4.72 Å². The van der Waals surface area contributed by atoms with Crippen LogP contribution in [-0.4, -0.2) is 31.6 Å². The Morgan fingerprint density at radius 3 is 2.35 bits per heavy atom. The molecule has 0 heterocycles. The number of hydrogen-bond acceptors (Lipinski definition) is 4. The fourth-order valence-electron chi connectivity index (χ4n) is 3.77. The first-order chi connectivity index (χ1) is 14.7. The molecule has 2 atom stereocenters. The van der Waals surface area contributed by atoms with Gasteiger partial charge in [0, 0.05) is 5.69 Å². The number of fused-ring (bicyclic) bond motifs is 3. The van der Waals surface area contributed by atoms with Gasteiger partial charge in [0.1, 0.15) is 6.04 Å². The molecule has 1 aliphatic carbocycles. The van der Waals surface area contributed by atoms with Gasteiger partial charge in [-0.15, -0.1) is 0 Å². The van der Waals surface area contributed by atoms with Crippen molar-refractivity contribution >= 4 is 21.6 Å². The molecule has 0 aromatic heterocycles. The molecule has 3 N–H and O–H groups in total. The number of aryl methyl sites for hydroxylation is 1. The van der Waals surface area contributed by atoms with Crippen molar-refractivity contribution < 1.29 is 18.3 Å². The maximum atomic E-state index is 12.8. The summed E-state index contributed by atoms with van der Waals surface area (Å²) in [6, 6.07) is 18.7. The topological polar surface area (TPSA) is 95.5 Å². The maximum absolute atomic E-state index is 12.8. The van der Waals surface area contributed by atoms with Gasteiger partial charge in [-0.05, 0) is 66.8 Å². The predicted molar refractivity (Wildman–Crippen MR) is 120 cm³/mol. The number of hydrogen-bond donors (Lipinski definition) is 3. The van der Waals surface area contributed by atoms with Gasteiger partial charge in [0.15, 0.2) is 0 Å². The van der Waals surface area contributed by atoms with Gasteiger partial charge in [0.2, 0.25) is 15.9 Å². The molecule has 3 aromatic carbocycles. The molecular weight excluding hydrogens is 412 g/mol. The van der Waals surface area contributed by atoms with Crippen molar-refractivity contribution in [2.24, 2.45) is 0 Å². The molecule has 6 nitrogen and oxygen atoms in total. The smallest absolute Gasteiger partial charge is 0.245 e. The van der Waals surface area contributed by atoms with Gasteiger partial charge in [-0.3, -0.25) is 4.79 Å². The number of amides is 1. The fraction of sp³-hybridized carbons (Fsp3) is 0.208. The van der Waals surface area contributed by atoms with E-state index in [0.29, 0.717) is 5.69 Å². The van der Waals surface area contributed by atoms with Crippen molar-refractivity contribution in [3.05, 3.63) is 83.4 Å². The van der Waals surface area contributed by atoms with Crippen LogP contribution < -0.4 is 10.0 Å². The quantitative estimate of drug-likeness (QED) is 0.432. The summed E-state index contributed by atoms with van der Waals surface area (Å²) in [7, 11) is -3.98. The van der Waals surface area contributed by atoms with E-state index in [1.807, 2.05) is 31.2 Å². The van der Waals surface area contributed by atoms with E-state index in [2.05, 4.69) is 22.2 Å². The Hall–Kier alpha value is -3.00. The third-order valence-corrected chi connectivity index (χ3v) is 6.90. The Labute approximate surface area is 182 Å². The van der Waals surface area contributed by atoms with Gasteiger partial charge in [0.05, 0.1) is 11.0 Å². The lowest BCUT2D eigenvalue weighted by Crippen LogP contribution is -2.50. The number of benzene rings is 3. The average molecular weight is 437 g/mol. The lowest BCUT2D eigenvalue weighted by Gasteiger charge is -2.21. The zero-order valence-corrected chi connectivity index (χ0v) is 18.1. The summed E-state index contributed by atoms with van der Waals surface area (Å²) in [5.41, 5.74) is 6.10. The Kier molecular flexibility index (Phi) is 5.66. The monoisotopic (exact) mass is 436 g/mol. The normalized spacial score (nSPS) is 14.4. The van der Waals surface area contributed by atoms with Crippen LogP contribution in [-0.2, 0) is 21.2 Å². The molecular formula is C24H24N2O4S. The first-order valence-corrected chi connectivity index (χ1v) is 11.5. The Morgan fingerprint density at radius 1 is 0.968 bits per heavy atom. The van der Waals surface area contributed by atoms with E-state index in [1.54, 1.807) is 18.2 Å². The highest BCUT2D eigenvalue weighted by atomic mass is 32.2. The van der Waals surface area contributed by atoms with E-state index >= 15 is 0 Å². The molecule has 0 spiro atoms. The van der Waals surface area contributed by atoms with Gasteiger partial charge >= 0.3 is 0 Å². The Balaban J connectivity index is 1.52. The third-order valence-electron chi connectivity index (χ3n) is 5.44. The Bertz CT molecular complexity index is 1230. The fourth-order valence-corrected chi connectivity index (χ4v) is 5.04. The lowest BCUT2D eigenvalue weighted by molar-refractivity contribution is -0.119. The number of aliphatic hydroxyl groups excluding tert-OH is 1. The largest absolute Gasteiger partial charge is 0.391 e. The number of carbonyl (C=O) groups excluding carboxylic acids is 1. The Morgan fingerprint density at radius 2 is 1.65 bits per heavy atom. The summed E-state index contributed by atoms with van der Waals surface area (Å²) in [4.78, 5) is 12.9. The van der Waals surface area contributed by atoms with Crippen LogP contribution in [0.5, 0.6) is 0 Å². The number of carbonyl (C=O) groups is 1. The third kappa shape index (κ3) is 4.39. The van der Waals surface area contributed by atoms with Crippen molar-refractivity contribution in [3.8, 4) is 11.1 Å². The zero-order valence-electron chi connectivity index (χ0n) is 17.3. The highest BCUT2D eigenvalue weighted by Gasteiger charge is 2.30. The average Bonchev–Trinajstić information content (AvgIpc) is 3.10. The maximum Gasteiger partial charge on any atom is 0.245 e. The van der Waals surface area contributed by atoms with Crippen LogP contribution in [0.3, 0.4) is 0 Å². The van der Waals surface area contributed by atoms with E-state index in [9.17, 15) is 18.3 Å². The van der Waals surface area contributed by atoms with Gasteiger partial charge in [-0.25, -0.2) is 8.42 Å². The van der Waals surface area contributed by atoms with Crippen LogP contribution >= 0.6 is 0 Å². The summed E-state index contributed by atoms with van der Waals surface area (Å²) in [6.07, 6.45) is -0.450. The van der Waals surface area contributed by atoms with Crippen LogP contribution in [0.15, 0.2) is 71.6 Å². The molecule has 0 saturated heterocycles. The van der Waals surface area contributed by atoms with E-state index in [0.717, 1.165) is 23.1 Å². The molecule has 0 saturated carbocycles. The highest BCUT2D eigenvalue weighted by Crippen LogP contribution is 2.37. The second-order valence-electron chi connectivity index (χ2n) is 7.85. The van der Waals surface area contributed by atoms with E-state index in [4.69, 9.17) is 0 Å². The summed E-state index contributed by atoms with van der Waals surface area (Å²) >= 11 is 0. The number of anilines is 1. The molecule has 0 aliphatic heterocycles. The van der Waals surface area contributed by atoms with Crippen LogP contribution in [0.2, 0.25) is 0 Å². The van der Waals surface area contributed by atoms with Gasteiger partial charge < -0.3 is 10.4 Å². The molecule has 160 valence electrons. The van der Waals surface area contributed by atoms with E-state index in [1.165, 1.54) is 30.2 Å². The molecule has 4 rings (SSSR count). The van der Waals surface area contributed by atoms with Crippen LogP contribution in [0, 0.1) is 6.92 Å². The second kappa shape index (κ2) is 8.26. The summed E-state index contributed by atoms with van der Waals surface area (Å²) in [6.45, 7) is 3.23. The number of sulfonamides is 1. The predicted octanol–water partition coefficient (Wildman–Crippen LogP) is 3.23. The van der Waals surface area contributed by atoms with Gasteiger partial charge in [0.25, 0.3) is 0 Å². The van der Waals surface area contributed by atoms with Crippen molar-refractivity contribution in [2.75, 3.05) is 5.32 Å². The first-order valence-electron chi connectivity index (χ1n) is 10.0. The molecule has 31 heavy (non-hydrogen) atoms. The summed E-state index contributed by atoms with van der Waals surface area (Å²) in [5, 5.41) is 12.8. The molecule has 3 aromatic rings. The van der Waals surface area contributed by atoms with Crippen molar-refractivity contribution in [2.45, 2.75) is 37.3 Å². The minimum Gasteiger partial charge on any atom is -0.391 e. The lowest BCUT2D eigenvalue weighted by atomic mass is 10.1. The van der Waals surface area contributed by atoms with Gasteiger partial charge in [-0.2, -0.15) is 4.72 Å². The number of rotatable bonds is 6. The minimum atomic E-state index is -3.98. The SMILES string of the molecule is Cc1ccc(S(=O)(=O)NC(C(=O)Nc2ccc3c(c2)Cc2ccccc2-3)C(C)O)cc1. The van der Waals surface area contributed by atoms with Crippen LogP contribution in [0.4, 0.5) is 5.69 Å². The molecule has 1 amide bonds. The molecule has 0 fully saturated rings.